The number of halogens is 1. The number of ether oxygens (including phenoxy) is 1. The number of aromatic nitrogens is 2. The van der Waals surface area contributed by atoms with Crippen LogP contribution in [0.5, 0.6) is 5.75 Å². The third kappa shape index (κ3) is 2.56. The standard InChI is InChI=1S/C14H15BrN2O3/c1-14(2,13(18)19)12-16-7-10(17-12)9-6-8(15)4-5-11(9)20-3/h4-7H,1-3H3,(H,16,17)(H,18,19). The maximum absolute atomic E-state index is 11.3. The number of methoxy groups -OCH3 is 1. The molecule has 2 aromatic rings. The van der Waals surface area contributed by atoms with Gasteiger partial charge in [0.25, 0.3) is 0 Å². The number of benzene rings is 1. The van der Waals surface area contributed by atoms with Crippen molar-refractivity contribution in [3.63, 3.8) is 0 Å². The average Bonchev–Trinajstić information content (AvgIpc) is 2.88. The maximum Gasteiger partial charge on any atom is 0.316 e. The largest absolute Gasteiger partial charge is 0.496 e. The van der Waals surface area contributed by atoms with Gasteiger partial charge in [-0.2, -0.15) is 0 Å². The lowest BCUT2D eigenvalue weighted by Gasteiger charge is -2.15. The van der Waals surface area contributed by atoms with Gasteiger partial charge in [0, 0.05) is 10.0 Å². The van der Waals surface area contributed by atoms with E-state index in [1.165, 1.54) is 0 Å². The monoisotopic (exact) mass is 338 g/mol. The van der Waals surface area contributed by atoms with E-state index in [2.05, 4.69) is 25.9 Å². The zero-order chi connectivity index (χ0) is 14.9. The molecule has 2 rings (SSSR count). The summed E-state index contributed by atoms with van der Waals surface area (Å²) in [5, 5.41) is 9.23. The van der Waals surface area contributed by atoms with E-state index in [4.69, 9.17) is 4.74 Å². The number of imidazole rings is 1. The molecule has 1 aromatic heterocycles. The summed E-state index contributed by atoms with van der Waals surface area (Å²) >= 11 is 3.41. The lowest BCUT2D eigenvalue weighted by atomic mass is 9.93. The first-order chi connectivity index (χ1) is 9.36. The van der Waals surface area contributed by atoms with Crippen molar-refractivity contribution >= 4 is 21.9 Å². The summed E-state index contributed by atoms with van der Waals surface area (Å²) < 4.78 is 6.22. The van der Waals surface area contributed by atoms with Crippen molar-refractivity contribution in [2.24, 2.45) is 0 Å². The van der Waals surface area contributed by atoms with Crippen LogP contribution in [0.25, 0.3) is 11.3 Å². The molecule has 0 radical (unpaired) electrons. The molecular formula is C14H15BrN2O3. The Kier molecular flexibility index (Phi) is 3.85. The number of hydrogen-bond acceptors (Lipinski definition) is 3. The fourth-order valence-corrected chi connectivity index (χ4v) is 2.13. The van der Waals surface area contributed by atoms with Crippen LogP contribution >= 0.6 is 15.9 Å². The lowest BCUT2D eigenvalue weighted by molar-refractivity contribution is -0.142. The van der Waals surface area contributed by atoms with E-state index in [1.807, 2.05) is 18.2 Å². The predicted octanol–water partition coefficient (Wildman–Crippen LogP) is 3.21. The Hall–Kier alpha value is -1.82. The second-order valence-corrected chi connectivity index (χ2v) is 5.84. The molecule has 0 fully saturated rings. The molecule has 0 unspecified atom stereocenters. The molecule has 0 saturated carbocycles. The second-order valence-electron chi connectivity index (χ2n) is 4.92. The Morgan fingerprint density at radius 3 is 2.75 bits per heavy atom. The number of rotatable bonds is 4. The van der Waals surface area contributed by atoms with Gasteiger partial charge in [-0.25, -0.2) is 4.98 Å². The van der Waals surface area contributed by atoms with Crippen LogP contribution in [-0.4, -0.2) is 28.2 Å². The quantitative estimate of drug-likeness (QED) is 0.897. The van der Waals surface area contributed by atoms with Gasteiger partial charge in [0.15, 0.2) is 0 Å². The van der Waals surface area contributed by atoms with Crippen molar-refractivity contribution in [1.82, 2.24) is 9.97 Å². The third-order valence-corrected chi connectivity index (χ3v) is 3.65. The number of H-pyrrole nitrogens is 1. The average molecular weight is 339 g/mol. The fraction of sp³-hybridized carbons (Fsp3) is 0.286. The van der Waals surface area contributed by atoms with E-state index < -0.39 is 11.4 Å². The van der Waals surface area contributed by atoms with Crippen molar-refractivity contribution < 1.29 is 14.6 Å². The smallest absolute Gasteiger partial charge is 0.316 e. The second kappa shape index (κ2) is 5.28. The molecule has 0 atom stereocenters. The molecule has 2 N–H and O–H groups in total. The number of hydrogen-bond donors (Lipinski definition) is 2. The molecule has 20 heavy (non-hydrogen) atoms. The summed E-state index contributed by atoms with van der Waals surface area (Å²) in [5.74, 6) is 0.165. The van der Waals surface area contributed by atoms with Crippen LogP contribution < -0.4 is 4.74 Å². The zero-order valence-electron chi connectivity index (χ0n) is 11.4. The third-order valence-electron chi connectivity index (χ3n) is 3.15. The number of aromatic amines is 1. The first kappa shape index (κ1) is 14.6. The minimum absolute atomic E-state index is 0.405. The van der Waals surface area contributed by atoms with E-state index in [9.17, 15) is 9.90 Å². The molecular weight excluding hydrogens is 324 g/mol. The van der Waals surface area contributed by atoms with Gasteiger partial charge in [-0.1, -0.05) is 15.9 Å². The van der Waals surface area contributed by atoms with Crippen LogP contribution in [0.15, 0.2) is 28.9 Å². The lowest BCUT2D eigenvalue weighted by Crippen LogP contribution is -2.29. The van der Waals surface area contributed by atoms with Crippen molar-refractivity contribution in [2.75, 3.05) is 7.11 Å². The van der Waals surface area contributed by atoms with Crippen molar-refractivity contribution in [1.29, 1.82) is 0 Å². The van der Waals surface area contributed by atoms with Gasteiger partial charge in [-0.05, 0) is 32.0 Å². The van der Waals surface area contributed by atoms with Gasteiger partial charge in [-0.3, -0.25) is 4.79 Å². The predicted molar refractivity (Wildman–Crippen MR) is 78.9 cm³/mol. The van der Waals surface area contributed by atoms with Crippen LogP contribution in [0.4, 0.5) is 0 Å². The molecule has 5 nitrogen and oxygen atoms in total. The first-order valence-corrected chi connectivity index (χ1v) is 6.78. The van der Waals surface area contributed by atoms with Crippen LogP contribution in [0, 0.1) is 0 Å². The van der Waals surface area contributed by atoms with Crippen molar-refractivity contribution in [3.05, 3.63) is 34.7 Å². The van der Waals surface area contributed by atoms with Crippen LogP contribution in [0.1, 0.15) is 19.7 Å². The first-order valence-electron chi connectivity index (χ1n) is 5.99. The van der Waals surface area contributed by atoms with Gasteiger partial charge >= 0.3 is 5.97 Å². The summed E-state index contributed by atoms with van der Waals surface area (Å²) in [5.41, 5.74) is 0.464. The number of carboxylic acid groups (broad SMARTS) is 1. The van der Waals surface area contributed by atoms with Crippen LogP contribution in [0.3, 0.4) is 0 Å². The molecule has 0 saturated heterocycles. The molecule has 0 spiro atoms. The molecule has 1 aromatic carbocycles. The number of carboxylic acids is 1. The summed E-state index contributed by atoms with van der Waals surface area (Å²) in [6.45, 7) is 3.21. The molecule has 0 aliphatic carbocycles. The van der Waals surface area contributed by atoms with Crippen molar-refractivity contribution in [2.45, 2.75) is 19.3 Å². The summed E-state index contributed by atoms with van der Waals surface area (Å²) in [6.07, 6.45) is 1.62. The van der Waals surface area contributed by atoms with E-state index in [-0.39, 0.29) is 0 Å². The van der Waals surface area contributed by atoms with E-state index in [1.54, 1.807) is 27.2 Å². The highest BCUT2D eigenvalue weighted by Crippen LogP contribution is 2.33. The summed E-state index contributed by atoms with van der Waals surface area (Å²) in [4.78, 5) is 18.5. The van der Waals surface area contributed by atoms with Gasteiger partial charge in [0.05, 0.1) is 19.0 Å². The molecule has 6 heteroatoms. The highest BCUT2D eigenvalue weighted by Gasteiger charge is 2.32. The van der Waals surface area contributed by atoms with Crippen LogP contribution in [0.2, 0.25) is 0 Å². The number of nitrogens with one attached hydrogen (secondary N) is 1. The Balaban J connectivity index is 2.49. The Bertz CT molecular complexity index is 650. The van der Waals surface area contributed by atoms with Gasteiger partial charge in [0.1, 0.15) is 17.0 Å². The minimum Gasteiger partial charge on any atom is -0.496 e. The number of carbonyl (C=O) groups is 1. The minimum atomic E-state index is -1.07. The summed E-state index contributed by atoms with van der Waals surface area (Å²) in [7, 11) is 1.59. The van der Waals surface area contributed by atoms with Gasteiger partial charge in [-0.15, -0.1) is 0 Å². The Morgan fingerprint density at radius 2 is 2.15 bits per heavy atom. The molecule has 106 valence electrons. The molecule has 0 aliphatic rings. The highest BCUT2D eigenvalue weighted by molar-refractivity contribution is 9.10. The summed E-state index contributed by atoms with van der Waals surface area (Å²) in [6, 6.07) is 5.60. The van der Waals surface area contributed by atoms with Crippen LogP contribution in [-0.2, 0) is 10.2 Å². The molecule has 0 aliphatic heterocycles. The topological polar surface area (TPSA) is 75.2 Å². The molecule has 1 heterocycles. The normalized spacial score (nSPS) is 11.4. The number of aliphatic carboxylic acids is 1. The zero-order valence-corrected chi connectivity index (χ0v) is 13.0. The maximum atomic E-state index is 11.3. The molecule has 0 amide bonds. The van der Waals surface area contributed by atoms with Gasteiger partial charge in [0.2, 0.25) is 0 Å². The fourth-order valence-electron chi connectivity index (χ4n) is 1.77. The van der Waals surface area contributed by atoms with Gasteiger partial charge < -0.3 is 14.8 Å². The van der Waals surface area contributed by atoms with Crippen molar-refractivity contribution in [3.8, 4) is 17.0 Å². The Morgan fingerprint density at radius 1 is 1.45 bits per heavy atom. The Labute approximate surface area is 125 Å². The van der Waals surface area contributed by atoms with E-state index in [0.29, 0.717) is 17.3 Å². The van der Waals surface area contributed by atoms with E-state index in [0.717, 1.165) is 10.0 Å². The molecule has 0 bridgehead atoms. The van der Waals surface area contributed by atoms with E-state index >= 15 is 0 Å². The highest BCUT2D eigenvalue weighted by atomic mass is 79.9. The number of nitrogens with zero attached hydrogens (tertiary/aromatic N) is 1. The SMILES string of the molecule is COc1ccc(Br)cc1-c1cnc(C(C)(C)C(=O)O)[nH]1.